The molecule has 3 aromatic rings. The SMILES string of the molecule is O=c1ccc2c([C@H]3Oc4cc(O)cc(O)c4C[C@H]3O)cc(O)c(O)c2c(O)c1O. The van der Waals surface area contributed by atoms with Crippen LogP contribution in [0.5, 0.6) is 40.2 Å². The number of fused-ring (bicyclic) bond motifs is 2. The van der Waals surface area contributed by atoms with E-state index in [1.54, 1.807) is 0 Å². The third-order valence-corrected chi connectivity index (χ3v) is 4.94. The van der Waals surface area contributed by atoms with Crippen molar-refractivity contribution in [1.82, 2.24) is 0 Å². The van der Waals surface area contributed by atoms with Crippen LogP contribution in [0.1, 0.15) is 17.2 Å². The van der Waals surface area contributed by atoms with Gasteiger partial charge in [0.25, 0.3) is 0 Å². The Bertz CT molecular complexity index is 1220. The van der Waals surface area contributed by atoms with Gasteiger partial charge in [0.05, 0.1) is 11.5 Å². The summed E-state index contributed by atoms with van der Waals surface area (Å²) < 4.78 is 5.74. The van der Waals surface area contributed by atoms with Crippen LogP contribution in [0.25, 0.3) is 10.8 Å². The van der Waals surface area contributed by atoms with E-state index in [0.29, 0.717) is 0 Å². The van der Waals surface area contributed by atoms with Crippen molar-refractivity contribution >= 4 is 10.8 Å². The fraction of sp³-hybridized carbons (Fsp3) is 0.150. The minimum Gasteiger partial charge on any atom is -0.508 e. The zero-order valence-electron chi connectivity index (χ0n) is 14.7. The summed E-state index contributed by atoms with van der Waals surface area (Å²) in [7, 11) is 0. The molecule has 1 aliphatic heterocycles. The summed E-state index contributed by atoms with van der Waals surface area (Å²) in [5.41, 5.74) is -0.554. The van der Waals surface area contributed by atoms with Crippen LogP contribution in [0, 0.1) is 0 Å². The molecule has 1 heterocycles. The number of aromatic hydroxyl groups is 6. The molecule has 2 atom stereocenters. The largest absolute Gasteiger partial charge is 0.508 e. The maximum absolute atomic E-state index is 11.8. The molecule has 0 amide bonds. The lowest BCUT2D eigenvalue weighted by Crippen LogP contribution is -2.30. The Morgan fingerprint density at radius 2 is 1.59 bits per heavy atom. The second kappa shape index (κ2) is 6.35. The molecule has 0 fully saturated rings. The van der Waals surface area contributed by atoms with E-state index < -0.39 is 46.0 Å². The molecule has 0 unspecified atom stereocenters. The topological polar surface area (TPSA) is 168 Å². The smallest absolute Gasteiger partial charge is 0.224 e. The van der Waals surface area contributed by atoms with Gasteiger partial charge in [-0.25, -0.2) is 0 Å². The van der Waals surface area contributed by atoms with E-state index in [-0.39, 0.29) is 40.2 Å². The summed E-state index contributed by atoms with van der Waals surface area (Å²) in [4.78, 5) is 11.8. The summed E-state index contributed by atoms with van der Waals surface area (Å²) >= 11 is 0. The summed E-state index contributed by atoms with van der Waals surface area (Å²) in [5.74, 6) is -3.84. The summed E-state index contributed by atoms with van der Waals surface area (Å²) in [6.45, 7) is 0. The zero-order chi connectivity index (χ0) is 21.0. The number of aliphatic hydroxyl groups excluding tert-OH is 1. The lowest BCUT2D eigenvalue weighted by atomic mass is 9.91. The molecule has 3 aromatic carbocycles. The average Bonchev–Trinajstić information content (AvgIpc) is 2.77. The van der Waals surface area contributed by atoms with Crippen molar-refractivity contribution in [3.63, 3.8) is 0 Å². The number of ether oxygens (including phenoxy) is 1. The van der Waals surface area contributed by atoms with Crippen LogP contribution in [0.4, 0.5) is 0 Å². The quantitative estimate of drug-likeness (QED) is 0.299. The fourth-order valence-corrected chi connectivity index (χ4v) is 3.55. The Hall–Kier alpha value is -3.85. The number of benzene rings is 2. The normalized spacial score (nSPS) is 18.2. The van der Waals surface area contributed by atoms with Gasteiger partial charge in [-0.2, -0.15) is 0 Å². The maximum Gasteiger partial charge on any atom is 0.224 e. The second-order valence-corrected chi connectivity index (χ2v) is 6.77. The number of phenols is 4. The maximum atomic E-state index is 11.8. The first-order chi connectivity index (χ1) is 13.7. The van der Waals surface area contributed by atoms with Crippen LogP contribution in [0.2, 0.25) is 0 Å². The average molecular weight is 400 g/mol. The van der Waals surface area contributed by atoms with Crippen molar-refractivity contribution in [2.24, 2.45) is 0 Å². The Labute approximate surface area is 162 Å². The molecular formula is C20H16O9. The number of phenolic OH excluding ortho intramolecular Hbond substituents is 4. The first kappa shape index (κ1) is 18.5. The van der Waals surface area contributed by atoms with E-state index in [1.165, 1.54) is 12.1 Å². The second-order valence-electron chi connectivity index (χ2n) is 6.77. The van der Waals surface area contributed by atoms with Gasteiger partial charge < -0.3 is 40.5 Å². The number of rotatable bonds is 1. The van der Waals surface area contributed by atoms with Gasteiger partial charge >= 0.3 is 0 Å². The van der Waals surface area contributed by atoms with Gasteiger partial charge in [0.15, 0.2) is 23.4 Å². The summed E-state index contributed by atoms with van der Waals surface area (Å²) in [6.07, 6.45) is -2.44. The van der Waals surface area contributed by atoms with Crippen molar-refractivity contribution in [2.45, 2.75) is 18.6 Å². The van der Waals surface area contributed by atoms with Crippen molar-refractivity contribution in [3.05, 3.63) is 51.7 Å². The zero-order valence-corrected chi connectivity index (χ0v) is 14.7. The van der Waals surface area contributed by atoms with Crippen LogP contribution in [-0.4, -0.2) is 41.8 Å². The van der Waals surface area contributed by atoms with Crippen molar-refractivity contribution < 1.29 is 40.5 Å². The third-order valence-electron chi connectivity index (χ3n) is 4.94. The highest BCUT2D eigenvalue weighted by Gasteiger charge is 2.34. The fourth-order valence-electron chi connectivity index (χ4n) is 3.55. The monoisotopic (exact) mass is 400 g/mol. The predicted octanol–water partition coefficient (Wildman–Crippen LogP) is 1.47. The number of hydrogen-bond donors (Lipinski definition) is 7. The molecule has 150 valence electrons. The Balaban J connectivity index is 2.00. The van der Waals surface area contributed by atoms with Crippen LogP contribution >= 0.6 is 0 Å². The van der Waals surface area contributed by atoms with Crippen molar-refractivity contribution in [2.75, 3.05) is 0 Å². The van der Waals surface area contributed by atoms with E-state index >= 15 is 0 Å². The third kappa shape index (κ3) is 2.79. The van der Waals surface area contributed by atoms with Crippen LogP contribution in [-0.2, 0) is 6.42 Å². The minimum absolute atomic E-state index is 0.0343. The van der Waals surface area contributed by atoms with E-state index in [4.69, 9.17) is 4.74 Å². The van der Waals surface area contributed by atoms with Crippen LogP contribution in [0.3, 0.4) is 0 Å². The first-order valence-electron chi connectivity index (χ1n) is 8.52. The predicted molar refractivity (Wildman–Crippen MR) is 99.7 cm³/mol. The number of aliphatic hydroxyl groups is 1. The van der Waals surface area contributed by atoms with Gasteiger partial charge in [0.1, 0.15) is 17.2 Å². The summed E-state index contributed by atoms with van der Waals surface area (Å²) in [6, 6.07) is 5.61. The molecule has 0 aromatic heterocycles. The van der Waals surface area contributed by atoms with Gasteiger partial charge in [0.2, 0.25) is 11.2 Å². The standard InChI is InChI=1S/C20H16O9/c21-7-3-12(23)10-6-14(25)20(29-15(10)4-7)9-5-13(24)17(26)16-8(9)1-2-11(22)18(27)19(16)28/h1-5,14,20-21,23-26H,6H2,(H2,22,27,28)/t14-,20-/m1/s1. The molecule has 0 spiro atoms. The minimum atomic E-state index is -1.22. The van der Waals surface area contributed by atoms with E-state index in [1.807, 2.05) is 0 Å². The Morgan fingerprint density at radius 3 is 2.31 bits per heavy atom. The molecule has 0 aliphatic carbocycles. The molecular weight excluding hydrogens is 384 g/mol. The molecule has 0 saturated heterocycles. The van der Waals surface area contributed by atoms with Crippen molar-refractivity contribution in [1.29, 1.82) is 0 Å². The molecule has 4 rings (SSSR count). The lowest BCUT2D eigenvalue weighted by molar-refractivity contribution is 0.0205. The Kier molecular flexibility index (Phi) is 4.05. The van der Waals surface area contributed by atoms with Crippen LogP contribution < -0.4 is 10.2 Å². The highest BCUT2D eigenvalue weighted by Crippen LogP contribution is 2.48. The highest BCUT2D eigenvalue weighted by molar-refractivity contribution is 5.98. The van der Waals surface area contributed by atoms with Gasteiger partial charge in [-0.05, 0) is 23.6 Å². The molecule has 7 N–H and O–H groups in total. The van der Waals surface area contributed by atoms with Gasteiger partial charge in [-0.1, -0.05) is 0 Å². The van der Waals surface area contributed by atoms with Gasteiger partial charge in [-0.15, -0.1) is 0 Å². The van der Waals surface area contributed by atoms with E-state index in [2.05, 4.69) is 0 Å². The molecule has 9 heteroatoms. The van der Waals surface area contributed by atoms with Crippen LogP contribution in [0.15, 0.2) is 35.1 Å². The van der Waals surface area contributed by atoms with E-state index in [9.17, 15) is 40.5 Å². The lowest BCUT2D eigenvalue weighted by Gasteiger charge is -2.32. The molecule has 9 nitrogen and oxygen atoms in total. The molecule has 29 heavy (non-hydrogen) atoms. The van der Waals surface area contributed by atoms with E-state index in [0.717, 1.165) is 18.2 Å². The molecule has 0 saturated carbocycles. The molecule has 0 radical (unpaired) electrons. The van der Waals surface area contributed by atoms with Crippen molar-refractivity contribution in [3.8, 4) is 40.2 Å². The van der Waals surface area contributed by atoms with Gasteiger partial charge in [0, 0.05) is 29.7 Å². The Morgan fingerprint density at radius 1 is 0.862 bits per heavy atom. The molecule has 0 bridgehead atoms. The van der Waals surface area contributed by atoms with Gasteiger partial charge in [-0.3, -0.25) is 4.79 Å². The first-order valence-corrected chi connectivity index (χ1v) is 8.52. The highest BCUT2D eigenvalue weighted by atomic mass is 16.5. The summed E-state index contributed by atoms with van der Waals surface area (Å²) in [5, 5.41) is 70.3. The molecule has 1 aliphatic rings. The number of hydrogen-bond acceptors (Lipinski definition) is 9.